The fourth-order valence-corrected chi connectivity index (χ4v) is 1.23. The molecule has 1 amide bonds. The number of carbonyl (C=O) groups excluding carboxylic acids is 1. The minimum Gasteiger partial charge on any atom is -0.464 e. The van der Waals surface area contributed by atoms with Gasteiger partial charge in [-0.1, -0.05) is 0 Å². The summed E-state index contributed by atoms with van der Waals surface area (Å²) in [5.74, 6) is 1.54. The number of carbonyl (C=O) groups is 1. The minimum atomic E-state index is -0.462. The minimum absolute atomic E-state index is 0.0842. The molecular formula is C10H16N2O2. The van der Waals surface area contributed by atoms with Crippen LogP contribution in [0.1, 0.15) is 18.4 Å². The molecule has 2 N–H and O–H groups in total. The molecular weight excluding hydrogens is 180 g/mol. The molecule has 0 radical (unpaired) electrons. The van der Waals surface area contributed by atoms with E-state index in [0.29, 0.717) is 6.54 Å². The zero-order chi connectivity index (χ0) is 10.7. The van der Waals surface area contributed by atoms with Gasteiger partial charge in [0.25, 0.3) is 0 Å². The Kier molecular flexibility index (Phi) is 3.30. The number of nitrogens with two attached hydrogens (primary N) is 1. The number of hydrogen-bond acceptors (Lipinski definition) is 3. The van der Waals surface area contributed by atoms with Crippen molar-refractivity contribution in [3.63, 3.8) is 0 Å². The average Bonchev–Trinajstić information content (AvgIpc) is 2.49. The molecule has 1 heterocycles. The van der Waals surface area contributed by atoms with E-state index >= 15 is 0 Å². The summed E-state index contributed by atoms with van der Waals surface area (Å²) in [7, 11) is 1.71. The number of furan rings is 1. The van der Waals surface area contributed by atoms with Crippen molar-refractivity contribution in [2.75, 3.05) is 7.05 Å². The molecule has 0 spiro atoms. The van der Waals surface area contributed by atoms with E-state index in [2.05, 4.69) is 0 Å². The van der Waals surface area contributed by atoms with E-state index in [1.54, 1.807) is 18.9 Å². The summed E-state index contributed by atoms with van der Waals surface area (Å²) in [6.45, 7) is 4.01. The van der Waals surface area contributed by atoms with E-state index in [0.717, 1.165) is 11.5 Å². The van der Waals surface area contributed by atoms with E-state index in [1.165, 1.54) is 0 Å². The normalized spacial score (nSPS) is 12.6. The Labute approximate surface area is 83.7 Å². The quantitative estimate of drug-likeness (QED) is 0.781. The first-order chi connectivity index (χ1) is 6.50. The lowest BCUT2D eigenvalue weighted by Gasteiger charge is -2.17. The number of rotatable bonds is 3. The fraction of sp³-hybridized carbons (Fsp3) is 0.500. The van der Waals surface area contributed by atoms with E-state index < -0.39 is 6.04 Å². The van der Waals surface area contributed by atoms with Crippen LogP contribution in [0.4, 0.5) is 0 Å². The maximum atomic E-state index is 11.4. The lowest BCUT2D eigenvalue weighted by atomic mass is 10.3. The van der Waals surface area contributed by atoms with Crippen LogP contribution in [0.5, 0.6) is 0 Å². The van der Waals surface area contributed by atoms with Crippen LogP contribution in [-0.2, 0) is 11.3 Å². The Morgan fingerprint density at radius 3 is 2.71 bits per heavy atom. The van der Waals surface area contributed by atoms with Gasteiger partial charge in [-0.15, -0.1) is 0 Å². The Morgan fingerprint density at radius 2 is 2.29 bits per heavy atom. The molecule has 4 heteroatoms. The summed E-state index contributed by atoms with van der Waals surface area (Å²) in [6, 6.07) is 3.27. The van der Waals surface area contributed by atoms with Gasteiger partial charge in [-0.3, -0.25) is 4.79 Å². The van der Waals surface area contributed by atoms with Gasteiger partial charge in [0.15, 0.2) is 0 Å². The van der Waals surface area contributed by atoms with Crippen LogP contribution >= 0.6 is 0 Å². The number of likely N-dealkylation sites (N-methyl/N-ethyl adjacent to an activating group) is 1. The second-order valence-electron chi connectivity index (χ2n) is 3.50. The van der Waals surface area contributed by atoms with Gasteiger partial charge >= 0.3 is 0 Å². The topological polar surface area (TPSA) is 59.5 Å². The van der Waals surface area contributed by atoms with Crippen LogP contribution in [0.25, 0.3) is 0 Å². The Morgan fingerprint density at radius 1 is 1.64 bits per heavy atom. The predicted molar refractivity (Wildman–Crippen MR) is 53.6 cm³/mol. The summed E-state index contributed by atoms with van der Waals surface area (Å²) >= 11 is 0. The third-order valence-electron chi connectivity index (χ3n) is 1.95. The summed E-state index contributed by atoms with van der Waals surface area (Å²) in [5.41, 5.74) is 5.47. The first kappa shape index (κ1) is 10.8. The maximum Gasteiger partial charge on any atom is 0.239 e. The van der Waals surface area contributed by atoms with Crippen molar-refractivity contribution in [3.8, 4) is 0 Å². The lowest BCUT2D eigenvalue weighted by molar-refractivity contribution is -0.131. The van der Waals surface area contributed by atoms with Gasteiger partial charge in [0.2, 0.25) is 5.91 Å². The molecule has 0 fully saturated rings. The molecule has 0 aliphatic heterocycles. The van der Waals surface area contributed by atoms with Crippen molar-refractivity contribution in [2.45, 2.75) is 26.4 Å². The smallest absolute Gasteiger partial charge is 0.239 e. The van der Waals surface area contributed by atoms with Gasteiger partial charge in [0.05, 0.1) is 12.6 Å². The Hall–Kier alpha value is -1.29. The molecule has 0 aliphatic rings. The monoisotopic (exact) mass is 196 g/mol. The van der Waals surface area contributed by atoms with Crippen molar-refractivity contribution in [3.05, 3.63) is 23.7 Å². The molecule has 0 aliphatic carbocycles. The lowest BCUT2D eigenvalue weighted by Crippen LogP contribution is -2.39. The van der Waals surface area contributed by atoms with Crippen molar-refractivity contribution in [1.29, 1.82) is 0 Å². The molecule has 14 heavy (non-hydrogen) atoms. The summed E-state index contributed by atoms with van der Waals surface area (Å²) in [5, 5.41) is 0. The van der Waals surface area contributed by atoms with E-state index in [9.17, 15) is 4.79 Å². The molecule has 0 saturated carbocycles. The molecule has 0 saturated heterocycles. The summed E-state index contributed by atoms with van der Waals surface area (Å²) < 4.78 is 5.35. The van der Waals surface area contributed by atoms with Gasteiger partial charge in [0, 0.05) is 7.05 Å². The average molecular weight is 196 g/mol. The van der Waals surface area contributed by atoms with Crippen molar-refractivity contribution < 1.29 is 9.21 Å². The van der Waals surface area contributed by atoms with E-state index in [4.69, 9.17) is 10.2 Å². The van der Waals surface area contributed by atoms with Gasteiger partial charge in [-0.25, -0.2) is 0 Å². The molecule has 0 bridgehead atoms. The molecule has 78 valence electrons. The zero-order valence-corrected chi connectivity index (χ0v) is 8.78. The summed E-state index contributed by atoms with van der Waals surface area (Å²) in [6.07, 6.45) is 0. The van der Waals surface area contributed by atoms with Gasteiger partial charge < -0.3 is 15.1 Å². The third kappa shape index (κ3) is 2.60. The van der Waals surface area contributed by atoms with Crippen LogP contribution in [0, 0.1) is 6.92 Å². The highest BCUT2D eigenvalue weighted by molar-refractivity contribution is 5.80. The number of hydrogen-bond donors (Lipinski definition) is 1. The summed E-state index contributed by atoms with van der Waals surface area (Å²) in [4.78, 5) is 13.0. The highest BCUT2D eigenvalue weighted by Gasteiger charge is 2.14. The van der Waals surface area contributed by atoms with E-state index in [-0.39, 0.29) is 5.91 Å². The van der Waals surface area contributed by atoms with Crippen LogP contribution < -0.4 is 5.73 Å². The first-order valence-electron chi connectivity index (χ1n) is 4.56. The van der Waals surface area contributed by atoms with Crippen molar-refractivity contribution in [1.82, 2.24) is 4.90 Å². The van der Waals surface area contributed by atoms with Gasteiger partial charge in [-0.05, 0) is 26.0 Å². The molecule has 0 aromatic carbocycles. The van der Waals surface area contributed by atoms with Crippen LogP contribution in [0.3, 0.4) is 0 Å². The Balaban J connectivity index is 2.57. The third-order valence-corrected chi connectivity index (χ3v) is 1.95. The molecule has 0 unspecified atom stereocenters. The number of nitrogens with zero attached hydrogens (tertiary/aromatic N) is 1. The predicted octanol–water partition coefficient (Wildman–Crippen LogP) is 0.894. The standard InChI is InChI=1S/C10H16N2O2/c1-7-4-5-9(14-7)6-12(3)10(13)8(2)11/h4-5,8H,6,11H2,1-3H3/t8-/m1/s1. The van der Waals surface area contributed by atoms with Gasteiger partial charge in [0.1, 0.15) is 11.5 Å². The number of amides is 1. The molecule has 1 aromatic rings. The fourth-order valence-electron chi connectivity index (χ4n) is 1.23. The molecule has 1 rings (SSSR count). The largest absolute Gasteiger partial charge is 0.464 e. The first-order valence-corrected chi connectivity index (χ1v) is 4.56. The zero-order valence-electron chi connectivity index (χ0n) is 8.78. The SMILES string of the molecule is Cc1ccc(CN(C)C(=O)[C@@H](C)N)o1. The van der Waals surface area contributed by atoms with Crippen LogP contribution in [0.2, 0.25) is 0 Å². The Bertz CT molecular complexity index is 318. The second kappa shape index (κ2) is 4.28. The second-order valence-corrected chi connectivity index (χ2v) is 3.50. The van der Waals surface area contributed by atoms with Crippen LogP contribution in [0.15, 0.2) is 16.5 Å². The maximum absolute atomic E-state index is 11.4. The van der Waals surface area contributed by atoms with Crippen molar-refractivity contribution >= 4 is 5.91 Å². The van der Waals surface area contributed by atoms with Gasteiger partial charge in [-0.2, -0.15) is 0 Å². The molecule has 1 aromatic heterocycles. The highest BCUT2D eigenvalue weighted by atomic mass is 16.3. The number of aryl methyl sites for hydroxylation is 1. The van der Waals surface area contributed by atoms with Crippen LogP contribution in [-0.4, -0.2) is 23.9 Å². The van der Waals surface area contributed by atoms with Crippen molar-refractivity contribution in [2.24, 2.45) is 5.73 Å². The molecule has 1 atom stereocenters. The molecule has 4 nitrogen and oxygen atoms in total. The van der Waals surface area contributed by atoms with E-state index in [1.807, 2.05) is 19.1 Å². The highest BCUT2D eigenvalue weighted by Crippen LogP contribution is 2.08.